The number of unbranched alkanes of at least 4 members (excludes halogenated alkanes) is 1. The maximum Gasteiger partial charge on any atom is 0.238 e. The summed E-state index contributed by atoms with van der Waals surface area (Å²) in [5.41, 5.74) is -0.0413. The molecule has 1 aliphatic rings. The van der Waals surface area contributed by atoms with Crippen LogP contribution in [0.15, 0.2) is 10.6 Å². The number of thioether (sulfide) groups is 1. The first-order chi connectivity index (χ1) is 13.9. The van der Waals surface area contributed by atoms with Crippen LogP contribution in [0.2, 0.25) is 0 Å². The highest BCUT2D eigenvalue weighted by Crippen LogP contribution is 2.32. The van der Waals surface area contributed by atoms with E-state index < -0.39 is 0 Å². The van der Waals surface area contributed by atoms with E-state index in [1.54, 1.807) is 13.0 Å². The predicted molar refractivity (Wildman–Crippen MR) is 123 cm³/mol. The first kappa shape index (κ1) is 24.7. The van der Waals surface area contributed by atoms with Crippen LogP contribution in [0.4, 0.5) is 5.82 Å². The smallest absolute Gasteiger partial charge is 0.238 e. The molecule has 7 nitrogen and oxygen atoms in total. The summed E-state index contributed by atoms with van der Waals surface area (Å²) in [6, 6.07) is 1.88. The Bertz CT molecular complexity index is 716. The minimum Gasteiger partial charge on any atom is -0.360 e. The molecule has 2 heterocycles. The van der Waals surface area contributed by atoms with Crippen LogP contribution in [0, 0.1) is 6.92 Å². The molecule has 0 aliphatic carbocycles. The number of amides is 2. The van der Waals surface area contributed by atoms with Crippen LogP contribution in [0.25, 0.3) is 0 Å². The summed E-state index contributed by atoms with van der Waals surface area (Å²) in [6.07, 6.45) is 3.89. The van der Waals surface area contributed by atoms with Crippen LogP contribution >= 0.6 is 11.8 Å². The van der Waals surface area contributed by atoms with Gasteiger partial charge in [0.25, 0.3) is 0 Å². The highest BCUT2D eigenvalue weighted by atomic mass is 32.2. The predicted octanol–water partition coefficient (Wildman–Crippen LogP) is 3.98. The molecule has 8 heteroatoms. The number of anilines is 1. The Balaban J connectivity index is 1.98. The highest BCUT2D eigenvalue weighted by molar-refractivity contribution is 8.01. The molecule has 2 rings (SSSR count). The average Bonchev–Trinajstić information content (AvgIpc) is 3.02. The van der Waals surface area contributed by atoms with E-state index in [4.69, 9.17) is 4.52 Å². The van der Waals surface area contributed by atoms with Gasteiger partial charge in [0.05, 0.1) is 11.0 Å². The number of aryl methyl sites for hydroxylation is 1. The molecule has 1 fully saturated rings. The quantitative estimate of drug-likeness (QED) is 0.606. The van der Waals surface area contributed by atoms with Crippen LogP contribution in [0.5, 0.6) is 0 Å². The molecule has 1 unspecified atom stereocenters. The second-order valence-electron chi connectivity index (χ2n) is 9.66. The van der Waals surface area contributed by atoms with Crippen LogP contribution < -0.4 is 10.6 Å². The van der Waals surface area contributed by atoms with Gasteiger partial charge in [0.15, 0.2) is 5.82 Å². The van der Waals surface area contributed by atoms with Crippen molar-refractivity contribution in [2.24, 2.45) is 0 Å². The van der Waals surface area contributed by atoms with Crippen LogP contribution in [-0.2, 0) is 9.59 Å². The molecule has 1 aromatic heterocycles. The molecule has 2 N–H and O–H groups in total. The highest BCUT2D eigenvalue weighted by Gasteiger charge is 2.41. The molecule has 1 aromatic rings. The fourth-order valence-electron chi connectivity index (χ4n) is 4.34. The number of carbonyl (C=O) groups is 2. The number of hydrogen-bond donors (Lipinski definition) is 2. The molecule has 0 bridgehead atoms. The van der Waals surface area contributed by atoms with Crippen LogP contribution in [0.1, 0.15) is 73.0 Å². The van der Waals surface area contributed by atoms with E-state index in [1.165, 1.54) is 11.8 Å². The van der Waals surface area contributed by atoms with Gasteiger partial charge < -0.3 is 20.1 Å². The second-order valence-corrected chi connectivity index (χ2v) is 11.0. The van der Waals surface area contributed by atoms with Crippen molar-refractivity contribution >= 4 is 29.4 Å². The Morgan fingerprint density at radius 2 is 1.97 bits per heavy atom. The van der Waals surface area contributed by atoms with Gasteiger partial charge in [-0.25, -0.2) is 0 Å². The topological polar surface area (TPSA) is 87.5 Å². The van der Waals surface area contributed by atoms with Gasteiger partial charge in [-0.05, 0) is 60.8 Å². The number of carbonyl (C=O) groups excluding carboxylic acids is 2. The maximum atomic E-state index is 13.2. The summed E-state index contributed by atoms with van der Waals surface area (Å²) in [6.45, 7) is 15.3. The Morgan fingerprint density at radius 1 is 1.33 bits per heavy atom. The van der Waals surface area contributed by atoms with E-state index >= 15 is 0 Å². The molecular formula is C22H38N4O3S. The third-order valence-electron chi connectivity index (χ3n) is 5.39. The van der Waals surface area contributed by atoms with Gasteiger partial charge in [-0.1, -0.05) is 18.5 Å². The van der Waals surface area contributed by atoms with E-state index in [0.717, 1.165) is 32.2 Å². The van der Waals surface area contributed by atoms with Gasteiger partial charge >= 0.3 is 0 Å². The van der Waals surface area contributed by atoms with Crippen molar-refractivity contribution in [3.05, 3.63) is 11.8 Å². The molecule has 1 aliphatic heterocycles. The van der Waals surface area contributed by atoms with Gasteiger partial charge in [0, 0.05) is 29.7 Å². The zero-order valence-corrected chi connectivity index (χ0v) is 20.3. The van der Waals surface area contributed by atoms with Crippen molar-refractivity contribution in [2.75, 3.05) is 17.6 Å². The first-order valence-corrected chi connectivity index (χ1v) is 11.9. The van der Waals surface area contributed by atoms with Crippen LogP contribution in [0.3, 0.4) is 0 Å². The number of piperidine rings is 1. The Morgan fingerprint density at radius 3 is 2.50 bits per heavy atom. The van der Waals surface area contributed by atoms with Gasteiger partial charge in [-0.2, -0.15) is 0 Å². The summed E-state index contributed by atoms with van der Waals surface area (Å²) in [5, 5.41) is 9.85. The zero-order valence-electron chi connectivity index (χ0n) is 19.5. The van der Waals surface area contributed by atoms with E-state index in [0.29, 0.717) is 17.3 Å². The third-order valence-corrected chi connectivity index (χ3v) is 6.52. The molecule has 170 valence electrons. The lowest BCUT2D eigenvalue weighted by Gasteiger charge is -2.49. The molecule has 1 saturated heterocycles. The molecule has 0 saturated carbocycles. The lowest BCUT2D eigenvalue weighted by molar-refractivity contribution is -0.132. The monoisotopic (exact) mass is 438 g/mol. The summed E-state index contributed by atoms with van der Waals surface area (Å²) >= 11 is 1.37. The number of rotatable bonds is 9. The Hall–Kier alpha value is -1.54. The van der Waals surface area contributed by atoms with E-state index in [2.05, 4.69) is 55.3 Å². The fourth-order valence-corrected chi connectivity index (χ4v) is 5.10. The Kier molecular flexibility index (Phi) is 8.39. The summed E-state index contributed by atoms with van der Waals surface area (Å²) in [4.78, 5) is 27.6. The summed E-state index contributed by atoms with van der Waals surface area (Å²) in [7, 11) is 0. The molecule has 0 aromatic carbocycles. The van der Waals surface area contributed by atoms with Gasteiger partial charge in [0.1, 0.15) is 5.76 Å². The molecular weight excluding hydrogens is 400 g/mol. The minimum atomic E-state index is -0.361. The Labute approximate surface area is 185 Å². The van der Waals surface area contributed by atoms with Gasteiger partial charge in [0.2, 0.25) is 11.8 Å². The molecule has 1 atom stereocenters. The van der Waals surface area contributed by atoms with E-state index in [1.807, 2.05) is 6.92 Å². The van der Waals surface area contributed by atoms with E-state index in [9.17, 15) is 9.59 Å². The first-order valence-electron chi connectivity index (χ1n) is 10.9. The van der Waals surface area contributed by atoms with Crippen molar-refractivity contribution < 1.29 is 14.1 Å². The SMILES string of the molecule is CCCCN(C(=O)CSC(C)C(=O)Nc1cc(C)on1)C1CC(C)(C)NC(C)(C)C1. The number of aromatic nitrogens is 1. The maximum absolute atomic E-state index is 13.2. The van der Waals surface area contributed by atoms with Crippen molar-refractivity contribution in [1.29, 1.82) is 0 Å². The summed E-state index contributed by atoms with van der Waals surface area (Å²) in [5.74, 6) is 1.27. The fraction of sp³-hybridized carbons (Fsp3) is 0.773. The minimum absolute atomic E-state index is 0.0206. The molecule has 2 amide bonds. The van der Waals surface area contributed by atoms with Crippen molar-refractivity contribution in [3.63, 3.8) is 0 Å². The molecule has 30 heavy (non-hydrogen) atoms. The van der Waals surface area contributed by atoms with Gasteiger partial charge in [-0.15, -0.1) is 11.8 Å². The number of nitrogens with zero attached hydrogens (tertiary/aromatic N) is 2. The average molecular weight is 439 g/mol. The third kappa shape index (κ3) is 7.30. The largest absolute Gasteiger partial charge is 0.360 e. The molecule has 0 spiro atoms. The van der Waals surface area contributed by atoms with Gasteiger partial charge in [-0.3, -0.25) is 9.59 Å². The lowest BCUT2D eigenvalue weighted by atomic mass is 9.79. The van der Waals surface area contributed by atoms with E-state index in [-0.39, 0.29) is 34.2 Å². The van der Waals surface area contributed by atoms with Crippen molar-refractivity contribution in [2.45, 2.75) is 96.5 Å². The normalized spacial score (nSPS) is 19.3. The van der Waals surface area contributed by atoms with Crippen LogP contribution in [-0.4, -0.2) is 56.5 Å². The summed E-state index contributed by atoms with van der Waals surface area (Å²) < 4.78 is 4.98. The number of hydrogen-bond acceptors (Lipinski definition) is 6. The van der Waals surface area contributed by atoms with Crippen molar-refractivity contribution in [3.8, 4) is 0 Å². The van der Waals surface area contributed by atoms with Crippen molar-refractivity contribution in [1.82, 2.24) is 15.4 Å². The lowest BCUT2D eigenvalue weighted by Crippen LogP contribution is -2.63. The number of nitrogens with one attached hydrogen (secondary N) is 2. The second kappa shape index (κ2) is 10.2. The molecule has 0 radical (unpaired) electrons. The zero-order chi connectivity index (χ0) is 22.5. The standard InChI is InChI=1S/C22H38N4O3S/c1-8-9-10-26(17-12-21(4,5)25-22(6,7)13-17)19(27)14-30-16(3)20(28)23-18-11-15(2)29-24-18/h11,16-17,25H,8-10,12-14H2,1-7H3,(H,23,24,28).